The Labute approximate surface area is 113 Å². The molecule has 1 aromatic carbocycles. The summed E-state index contributed by atoms with van der Waals surface area (Å²) < 4.78 is 0. The van der Waals surface area contributed by atoms with Crippen molar-refractivity contribution in [3.63, 3.8) is 0 Å². The molecule has 0 spiro atoms. The maximum atomic E-state index is 11.6. The quantitative estimate of drug-likeness (QED) is 0.830. The van der Waals surface area contributed by atoms with Gasteiger partial charge in [0.1, 0.15) is 5.78 Å². The number of carbonyl (C=O) groups is 1. The van der Waals surface area contributed by atoms with Gasteiger partial charge < -0.3 is 0 Å². The van der Waals surface area contributed by atoms with Crippen LogP contribution in [-0.4, -0.2) is 35.9 Å². The summed E-state index contributed by atoms with van der Waals surface area (Å²) in [6, 6.07) is 9.91. The van der Waals surface area contributed by atoms with Crippen molar-refractivity contribution in [2.45, 2.75) is 19.4 Å². The van der Waals surface area contributed by atoms with E-state index in [1.165, 1.54) is 0 Å². The van der Waals surface area contributed by atoms with Crippen LogP contribution in [0.5, 0.6) is 0 Å². The first kappa shape index (κ1) is 13.6. The van der Waals surface area contributed by atoms with Gasteiger partial charge in [0.05, 0.1) is 6.04 Å². The summed E-state index contributed by atoms with van der Waals surface area (Å²) in [5.41, 5.74) is 4.04. The van der Waals surface area contributed by atoms with Crippen LogP contribution in [0.25, 0.3) is 10.8 Å². The average molecular weight is 257 g/mol. The smallest absolute Gasteiger partial charge is 0.148 e. The van der Waals surface area contributed by atoms with Gasteiger partial charge in [0.25, 0.3) is 0 Å². The number of nitrogens with one attached hydrogen (secondary N) is 1. The number of hydrazine groups is 1. The summed E-state index contributed by atoms with van der Waals surface area (Å²) >= 11 is 0. The van der Waals surface area contributed by atoms with Gasteiger partial charge in [0.15, 0.2) is 0 Å². The summed E-state index contributed by atoms with van der Waals surface area (Å²) in [5, 5.41) is 4.07. The van der Waals surface area contributed by atoms with E-state index in [-0.39, 0.29) is 11.8 Å². The lowest BCUT2D eigenvalue weighted by atomic mass is 10.1. The number of ketones is 1. The monoisotopic (exact) mass is 257 g/mol. The van der Waals surface area contributed by atoms with Crippen LogP contribution in [0.1, 0.15) is 12.6 Å². The fourth-order valence-corrected chi connectivity index (χ4v) is 2.04. The second kappa shape index (κ2) is 5.91. The van der Waals surface area contributed by atoms with E-state index >= 15 is 0 Å². The number of hydrogen-bond donors (Lipinski definition) is 1. The molecule has 0 aliphatic rings. The molecule has 0 aliphatic carbocycles. The van der Waals surface area contributed by atoms with Crippen molar-refractivity contribution in [3.05, 3.63) is 42.2 Å². The third-order valence-electron chi connectivity index (χ3n) is 3.01. The van der Waals surface area contributed by atoms with Gasteiger partial charge in [-0.2, -0.15) is 0 Å². The number of pyridine rings is 1. The number of carbonyl (C=O) groups excluding carboxylic acids is 1. The topological polar surface area (TPSA) is 45.2 Å². The van der Waals surface area contributed by atoms with Crippen LogP contribution in [-0.2, 0) is 11.2 Å². The molecule has 19 heavy (non-hydrogen) atoms. The molecule has 2 aromatic rings. The van der Waals surface area contributed by atoms with Gasteiger partial charge in [-0.25, -0.2) is 10.4 Å². The van der Waals surface area contributed by atoms with Crippen molar-refractivity contribution in [1.29, 1.82) is 0 Å². The first-order valence-electron chi connectivity index (χ1n) is 6.34. The maximum Gasteiger partial charge on any atom is 0.148 e. The van der Waals surface area contributed by atoms with Crippen LogP contribution in [0.4, 0.5) is 0 Å². The van der Waals surface area contributed by atoms with Crippen molar-refractivity contribution in [3.8, 4) is 0 Å². The Hall–Kier alpha value is -1.78. The van der Waals surface area contributed by atoms with E-state index in [9.17, 15) is 4.79 Å². The highest BCUT2D eigenvalue weighted by Gasteiger charge is 2.16. The standard InChI is InChI=1S/C15H19N3O/c1-11(19)15(17-18(2)3)9-14-8-12-6-4-5-7-13(12)10-16-14/h4-8,10,15,17H,9H2,1-3H3/t15-/m0/s1. The zero-order valence-electron chi connectivity index (χ0n) is 11.6. The normalized spacial score (nSPS) is 12.8. The van der Waals surface area contributed by atoms with Gasteiger partial charge in [0.2, 0.25) is 0 Å². The lowest BCUT2D eigenvalue weighted by Gasteiger charge is -2.20. The number of rotatable bonds is 5. The Balaban J connectivity index is 2.21. The molecule has 1 atom stereocenters. The van der Waals surface area contributed by atoms with Crippen molar-refractivity contribution in [2.75, 3.05) is 14.1 Å². The first-order valence-corrected chi connectivity index (χ1v) is 6.34. The van der Waals surface area contributed by atoms with E-state index in [2.05, 4.69) is 16.5 Å². The molecule has 1 N–H and O–H groups in total. The number of aromatic nitrogens is 1. The molecule has 0 bridgehead atoms. The molecule has 0 aliphatic heterocycles. The van der Waals surface area contributed by atoms with E-state index in [1.807, 2.05) is 44.6 Å². The zero-order valence-corrected chi connectivity index (χ0v) is 11.6. The number of benzene rings is 1. The van der Waals surface area contributed by atoms with Crippen LogP contribution in [0.2, 0.25) is 0 Å². The van der Waals surface area contributed by atoms with Crippen LogP contribution in [0.3, 0.4) is 0 Å². The fourth-order valence-electron chi connectivity index (χ4n) is 2.04. The molecular weight excluding hydrogens is 238 g/mol. The molecule has 0 saturated heterocycles. The third-order valence-corrected chi connectivity index (χ3v) is 3.01. The van der Waals surface area contributed by atoms with Gasteiger partial charge in [-0.05, 0) is 18.4 Å². The number of nitrogens with zero attached hydrogens (tertiary/aromatic N) is 2. The molecule has 4 nitrogen and oxygen atoms in total. The zero-order chi connectivity index (χ0) is 13.8. The van der Waals surface area contributed by atoms with E-state index in [0.717, 1.165) is 16.5 Å². The maximum absolute atomic E-state index is 11.6. The minimum absolute atomic E-state index is 0.114. The molecule has 100 valence electrons. The van der Waals surface area contributed by atoms with Crippen LogP contribution < -0.4 is 5.43 Å². The molecule has 0 unspecified atom stereocenters. The molecule has 0 radical (unpaired) electrons. The van der Waals surface area contributed by atoms with Crippen molar-refractivity contribution in [2.24, 2.45) is 0 Å². The Morgan fingerprint density at radius 2 is 2.00 bits per heavy atom. The number of hydrogen-bond acceptors (Lipinski definition) is 4. The first-order chi connectivity index (χ1) is 9.06. The molecule has 0 saturated carbocycles. The van der Waals surface area contributed by atoms with Crippen LogP contribution in [0, 0.1) is 0 Å². The molecule has 4 heteroatoms. The highest BCUT2D eigenvalue weighted by Crippen LogP contribution is 2.14. The SMILES string of the molecule is CC(=O)[C@H](Cc1cc2ccccc2cn1)NN(C)C. The minimum atomic E-state index is -0.233. The second-order valence-corrected chi connectivity index (χ2v) is 4.91. The summed E-state index contributed by atoms with van der Waals surface area (Å²) in [4.78, 5) is 16.1. The molecule has 1 aromatic heterocycles. The minimum Gasteiger partial charge on any atom is -0.298 e. The van der Waals surface area contributed by atoms with E-state index in [4.69, 9.17) is 0 Å². The highest BCUT2D eigenvalue weighted by atomic mass is 16.1. The predicted molar refractivity (Wildman–Crippen MR) is 76.7 cm³/mol. The number of Topliss-reactive ketones (excluding diaryl/α,β-unsaturated/α-hetero) is 1. The molecule has 1 heterocycles. The van der Waals surface area contributed by atoms with Gasteiger partial charge in [0, 0.05) is 37.8 Å². The van der Waals surface area contributed by atoms with Gasteiger partial charge in [-0.15, -0.1) is 0 Å². The van der Waals surface area contributed by atoms with Crippen LogP contribution in [0.15, 0.2) is 36.5 Å². The fraction of sp³-hybridized carbons (Fsp3) is 0.333. The second-order valence-electron chi connectivity index (χ2n) is 4.91. The van der Waals surface area contributed by atoms with Crippen LogP contribution >= 0.6 is 0 Å². The molecule has 0 amide bonds. The van der Waals surface area contributed by atoms with E-state index in [0.29, 0.717) is 6.42 Å². The lowest BCUT2D eigenvalue weighted by molar-refractivity contribution is -0.120. The predicted octanol–water partition coefficient (Wildman–Crippen LogP) is 1.80. The lowest BCUT2D eigenvalue weighted by Crippen LogP contribution is -2.45. The van der Waals surface area contributed by atoms with Gasteiger partial charge in [-0.1, -0.05) is 24.3 Å². The molecular formula is C15H19N3O. The molecule has 0 fully saturated rings. The Kier molecular flexibility index (Phi) is 4.24. The highest BCUT2D eigenvalue weighted by molar-refractivity contribution is 5.83. The third kappa shape index (κ3) is 3.59. The summed E-state index contributed by atoms with van der Waals surface area (Å²) in [5.74, 6) is 0.114. The van der Waals surface area contributed by atoms with Gasteiger partial charge >= 0.3 is 0 Å². The number of fused-ring (bicyclic) bond motifs is 1. The summed E-state index contributed by atoms with van der Waals surface area (Å²) in [6.45, 7) is 1.60. The Bertz CT molecular complexity index is 580. The average Bonchev–Trinajstić information content (AvgIpc) is 2.37. The van der Waals surface area contributed by atoms with Crippen molar-refractivity contribution < 1.29 is 4.79 Å². The molecule has 2 rings (SSSR count). The Morgan fingerprint density at radius 1 is 1.32 bits per heavy atom. The Morgan fingerprint density at radius 3 is 2.63 bits per heavy atom. The van der Waals surface area contributed by atoms with Crippen molar-refractivity contribution >= 4 is 16.6 Å². The van der Waals surface area contributed by atoms with Crippen molar-refractivity contribution in [1.82, 2.24) is 15.4 Å². The van der Waals surface area contributed by atoms with Gasteiger partial charge in [-0.3, -0.25) is 9.78 Å². The largest absolute Gasteiger partial charge is 0.298 e. The van der Waals surface area contributed by atoms with E-state index < -0.39 is 0 Å². The summed E-state index contributed by atoms with van der Waals surface area (Å²) in [6.07, 6.45) is 2.45. The van der Waals surface area contributed by atoms with E-state index in [1.54, 1.807) is 11.9 Å². The summed E-state index contributed by atoms with van der Waals surface area (Å²) in [7, 11) is 3.76.